The molecule has 2 saturated heterocycles. The summed E-state index contributed by atoms with van der Waals surface area (Å²) in [6.45, 7) is 4.86. The lowest BCUT2D eigenvalue weighted by Gasteiger charge is -2.31. The summed E-state index contributed by atoms with van der Waals surface area (Å²) in [7, 11) is 0. The average molecular weight is 234 g/mol. The van der Waals surface area contributed by atoms with Crippen molar-refractivity contribution in [3.05, 3.63) is 23.7 Å². The number of hydrogen-bond acceptors (Lipinski definition) is 3. The number of rotatable bonds is 1. The van der Waals surface area contributed by atoms with E-state index in [1.54, 1.807) is 6.26 Å². The van der Waals surface area contributed by atoms with E-state index in [0.29, 0.717) is 17.7 Å². The van der Waals surface area contributed by atoms with E-state index in [1.807, 2.05) is 17.9 Å². The second-order valence-corrected chi connectivity index (χ2v) is 5.04. The highest BCUT2D eigenvalue weighted by molar-refractivity contribution is 5.93. The van der Waals surface area contributed by atoms with Crippen molar-refractivity contribution in [2.75, 3.05) is 19.6 Å². The number of nitrogens with zero attached hydrogens (tertiary/aromatic N) is 1. The maximum absolute atomic E-state index is 12.4. The number of hydrogen-bond donors (Lipinski definition) is 1. The van der Waals surface area contributed by atoms with Crippen molar-refractivity contribution < 1.29 is 9.21 Å². The number of aryl methyl sites for hydroxylation is 1. The number of nitrogens with one attached hydrogen (secondary N) is 1. The molecule has 2 fully saturated rings. The quantitative estimate of drug-likeness (QED) is 0.799. The molecule has 0 aromatic carbocycles. The molecule has 1 N–H and O–H groups in total. The summed E-state index contributed by atoms with van der Waals surface area (Å²) in [6.07, 6.45) is 3.78. The number of furan rings is 1. The van der Waals surface area contributed by atoms with Gasteiger partial charge in [0, 0.05) is 18.2 Å². The van der Waals surface area contributed by atoms with E-state index in [-0.39, 0.29) is 5.91 Å². The van der Waals surface area contributed by atoms with Crippen LogP contribution in [0.5, 0.6) is 0 Å². The fourth-order valence-corrected chi connectivity index (χ4v) is 3.06. The lowest BCUT2D eigenvalue weighted by atomic mass is 9.94. The average Bonchev–Trinajstić information content (AvgIpc) is 2.94. The van der Waals surface area contributed by atoms with Crippen LogP contribution in [-0.2, 0) is 0 Å². The molecule has 0 spiro atoms. The Morgan fingerprint density at radius 1 is 1.53 bits per heavy atom. The number of likely N-dealkylation sites (tertiary alicyclic amines) is 1. The highest BCUT2D eigenvalue weighted by Crippen LogP contribution is 2.30. The molecule has 4 nitrogen and oxygen atoms in total. The number of carbonyl (C=O) groups is 1. The third-order valence-corrected chi connectivity index (χ3v) is 4.03. The molecule has 1 aromatic heterocycles. The van der Waals surface area contributed by atoms with Crippen LogP contribution in [0.4, 0.5) is 0 Å². The smallest absolute Gasteiger partial charge is 0.290 e. The molecule has 1 aromatic rings. The predicted octanol–water partition coefficient (Wildman–Crippen LogP) is 1.41. The Balaban J connectivity index is 1.81. The zero-order chi connectivity index (χ0) is 11.8. The van der Waals surface area contributed by atoms with Crippen LogP contribution in [-0.4, -0.2) is 36.5 Å². The molecule has 2 atom stereocenters. The van der Waals surface area contributed by atoms with Crippen LogP contribution in [0.15, 0.2) is 16.7 Å². The van der Waals surface area contributed by atoms with E-state index >= 15 is 0 Å². The summed E-state index contributed by atoms with van der Waals surface area (Å²) in [6, 6.07) is 2.26. The van der Waals surface area contributed by atoms with E-state index in [2.05, 4.69) is 5.32 Å². The third kappa shape index (κ3) is 1.76. The van der Waals surface area contributed by atoms with Crippen molar-refractivity contribution in [1.29, 1.82) is 0 Å². The summed E-state index contributed by atoms with van der Waals surface area (Å²) >= 11 is 0. The first-order valence-corrected chi connectivity index (χ1v) is 6.33. The minimum Gasteiger partial charge on any atom is -0.459 e. The lowest BCUT2D eigenvalue weighted by Crippen LogP contribution is -2.45. The van der Waals surface area contributed by atoms with Crippen molar-refractivity contribution >= 4 is 5.91 Å². The molecule has 2 unspecified atom stereocenters. The van der Waals surface area contributed by atoms with Gasteiger partial charge in [-0.1, -0.05) is 0 Å². The van der Waals surface area contributed by atoms with Gasteiger partial charge in [0.25, 0.3) is 5.91 Å². The maximum Gasteiger partial charge on any atom is 0.290 e. The van der Waals surface area contributed by atoms with Gasteiger partial charge in [0.1, 0.15) is 0 Å². The van der Waals surface area contributed by atoms with Crippen LogP contribution < -0.4 is 5.32 Å². The topological polar surface area (TPSA) is 45.5 Å². The minimum absolute atomic E-state index is 0.0712. The maximum atomic E-state index is 12.4. The second kappa shape index (κ2) is 4.18. The van der Waals surface area contributed by atoms with Crippen LogP contribution in [0.3, 0.4) is 0 Å². The zero-order valence-corrected chi connectivity index (χ0v) is 10.1. The molecule has 3 heterocycles. The van der Waals surface area contributed by atoms with Crippen molar-refractivity contribution in [2.45, 2.75) is 25.8 Å². The molecule has 2 aliphatic rings. The molecule has 92 valence electrons. The Labute approximate surface area is 101 Å². The Morgan fingerprint density at radius 3 is 3.18 bits per heavy atom. The number of fused-ring (bicyclic) bond motifs is 1. The van der Waals surface area contributed by atoms with Crippen LogP contribution >= 0.6 is 0 Å². The fourth-order valence-electron chi connectivity index (χ4n) is 3.06. The predicted molar refractivity (Wildman–Crippen MR) is 63.9 cm³/mol. The number of carbonyl (C=O) groups excluding carboxylic acids is 1. The Morgan fingerprint density at radius 2 is 2.41 bits per heavy atom. The van der Waals surface area contributed by atoms with E-state index in [1.165, 1.54) is 0 Å². The Bertz CT molecular complexity index is 427. The van der Waals surface area contributed by atoms with Gasteiger partial charge in [-0.2, -0.15) is 0 Å². The number of piperidine rings is 1. The number of amides is 1. The first kappa shape index (κ1) is 10.8. The van der Waals surface area contributed by atoms with Gasteiger partial charge in [-0.25, -0.2) is 0 Å². The molecule has 0 bridgehead atoms. The van der Waals surface area contributed by atoms with Gasteiger partial charge >= 0.3 is 0 Å². The highest BCUT2D eigenvalue weighted by Gasteiger charge is 2.39. The van der Waals surface area contributed by atoms with Gasteiger partial charge < -0.3 is 14.6 Å². The normalized spacial score (nSPS) is 28.2. The first-order valence-electron chi connectivity index (χ1n) is 6.33. The molecule has 0 radical (unpaired) electrons. The van der Waals surface area contributed by atoms with Crippen LogP contribution in [0, 0.1) is 12.8 Å². The molecule has 0 aliphatic carbocycles. The lowest BCUT2D eigenvalue weighted by molar-refractivity contribution is 0.0664. The van der Waals surface area contributed by atoms with Gasteiger partial charge in [0.05, 0.1) is 6.26 Å². The summed E-state index contributed by atoms with van der Waals surface area (Å²) < 4.78 is 5.31. The molecule has 0 saturated carbocycles. The van der Waals surface area contributed by atoms with Crippen molar-refractivity contribution in [1.82, 2.24) is 10.2 Å². The summed E-state index contributed by atoms with van der Waals surface area (Å²) in [5, 5.41) is 3.40. The second-order valence-electron chi connectivity index (χ2n) is 5.04. The summed E-state index contributed by atoms with van der Waals surface area (Å²) in [5.41, 5.74) is 0.937. The van der Waals surface area contributed by atoms with Gasteiger partial charge in [0.2, 0.25) is 0 Å². The zero-order valence-electron chi connectivity index (χ0n) is 10.1. The van der Waals surface area contributed by atoms with Crippen LogP contribution in [0.25, 0.3) is 0 Å². The first-order chi connectivity index (χ1) is 8.27. The Hall–Kier alpha value is -1.29. The van der Waals surface area contributed by atoms with E-state index in [0.717, 1.165) is 38.0 Å². The summed E-state index contributed by atoms with van der Waals surface area (Å²) in [5.74, 6) is 1.22. The molecule has 2 aliphatic heterocycles. The third-order valence-electron chi connectivity index (χ3n) is 4.03. The Kier molecular flexibility index (Phi) is 2.67. The summed E-state index contributed by atoms with van der Waals surface area (Å²) in [4.78, 5) is 14.4. The SMILES string of the molecule is Cc1ccoc1C(=O)N1CCC2CNCCC21. The van der Waals surface area contributed by atoms with Gasteiger partial charge in [-0.05, 0) is 44.8 Å². The monoisotopic (exact) mass is 234 g/mol. The molecular formula is C13H18N2O2. The van der Waals surface area contributed by atoms with Crippen LogP contribution in [0.1, 0.15) is 29.0 Å². The van der Waals surface area contributed by atoms with Crippen molar-refractivity contribution in [3.63, 3.8) is 0 Å². The van der Waals surface area contributed by atoms with E-state index in [9.17, 15) is 4.79 Å². The van der Waals surface area contributed by atoms with Crippen molar-refractivity contribution in [3.8, 4) is 0 Å². The molecule has 4 heteroatoms. The van der Waals surface area contributed by atoms with Crippen molar-refractivity contribution in [2.24, 2.45) is 5.92 Å². The van der Waals surface area contributed by atoms with Crippen LogP contribution in [0.2, 0.25) is 0 Å². The highest BCUT2D eigenvalue weighted by atomic mass is 16.3. The molecule has 17 heavy (non-hydrogen) atoms. The largest absolute Gasteiger partial charge is 0.459 e. The molecule has 1 amide bonds. The minimum atomic E-state index is 0.0712. The molecular weight excluding hydrogens is 216 g/mol. The van der Waals surface area contributed by atoms with E-state index in [4.69, 9.17) is 4.42 Å². The van der Waals surface area contributed by atoms with Gasteiger partial charge in [-0.3, -0.25) is 4.79 Å². The van der Waals surface area contributed by atoms with Gasteiger partial charge in [0.15, 0.2) is 5.76 Å². The van der Waals surface area contributed by atoms with Gasteiger partial charge in [-0.15, -0.1) is 0 Å². The standard InChI is InChI=1S/C13H18N2O2/c1-9-4-7-17-12(9)13(16)15-6-3-10-8-14-5-2-11(10)15/h4,7,10-11,14H,2-3,5-6,8H2,1H3. The van der Waals surface area contributed by atoms with E-state index < -0.39 is 0 Å². The molecule has 3 rings (SSSR count). The fraction of sp³-hybridized carbons (Fsp3) is 0.615.